The van der Waals surface area contributed by atoms with E-state index in [4.69, 9.17) is 10.8 Å². The highest BCUT2D eigenvalue weighted by Gasteiger charge is 2.25. The Bertz CT molecular complexity index is 121. The summed E-state index contributed by atoms with van der Waals surface area (Å²) in [6.45, 7) is 3.56. The van der Waals surface area contributed by atoms with Gasteiger partial charge in [0, 0.05) is 5.54 Å². The van der Waals surface area contributed by atoms with Crippen LogP contribution in [0.4, 0.5) is 4.39 Å². The van der Waals surface area contributed by atoms with Gasteiger partial charge in [-0.15, -0.1) is 0 Å². The fourth-order valence-electron chi connectivity index (χ4n) is 1.27. The molecule has 0 amide bonds. The number of hydrogen-bond acceptors (Lipinski definition) is 2. The van der Waals surface area contributed by atoms with Crippen molar-refractivity contribution in [2.24, 2.45) is 11.7 Å². The van der Waals surface area contributed by atoms with Gasteiger partial charge in [-0.1, -0.05) is 20.3 Å². The first-order valence-corrected chi connectivity index (χ1v) is 4.53. The van der Waals surface area contributed by atoms with E-state index in [1.165, 1.54) is 0 Å². The number of aliphatic hydroxyl groups is 1. The van der Waals surface area contributed by atoms with E-state index >= 15 is 0 Å². The van der Waals surface area contributed by atoms with Gasteiger partial charge in [0.1, 0.15) is 0 Å². The van der Waals surface area contributed by atoms with Gasteiger partial charge < -0.3 is 10.8 Å². The van der Waals surface area contributed by atoms with Crippen LogP contribution in [0.2, 0.25) is 0 Å². The molecular formula is C9H20FNO. The molecule has 12 heavy (non-hydrogen) atoms. The minimum atomic E-state index is -0.704. The minimum absolute atomic E-state index is 0.124. The van der Waals surface area contributed by atoms with Crippen molar-refractivity contribution >= 4 is 0 Å². The molecular weight excluding hydrogens is 157 g/mol. The van der Waals surface area contributed by atoms with Crippen molar-refractivity contribution in [3.05, 3.63) is 0 Å². The van der Waals surface area contributed by atoms with Crippen LogP contribution in [0.15, 0.2) is 0 Å². The summed E-state index contributed by atoms with van der Waals surface area (Å²) in [5.41, 5.74) is 5.09. The van der Waals surface area contributed by atoms with Crippen LogP contribution in [0.3, 0.4) is 0 Å². The standard InChI is InChI=1S/C9H20FNO/c1-3-8(2)6-9(11,7-12)4-5-10/h8,12H,3-7,11H2,1-2H3/t8-,9+/m0/s1. The predicted molar refractivity (Wildman–Crippen MR) is 48.7 cm³/mol. The number of nitrogens with two attached hydrogens (primary N) is 1. The lowest BCUT2D eigenvalue weighted by atomic mass is 9.86. The maximum absolute atomic E-state index is 12.0. The summed E-state index contributed by atoms with van der Waals surface area (Å²) in [5, 5.41) is 8.97. The van der Waals surface area contributed by atoms with E-state index < -0.39 is 12.2 Å². The van der Waals surface area contributed by atoms with E-state index in [1.54, 1.807) is 0 Å². The quantitative estimate of drug-likeness (QED) is 0.645. The Kier molecular flexibility index (Phi) is 5.42. The predicted octanol–water partition coefficient (Wildman–Crippen LogP) is 1.47. The third kappa shape index (κ3) is 4.02. The van der Waals surface area contributed by atoms with E-state index in [2.05, 4.69) is 13.8 Å². The largest absolute Gasteiger partial charge is 0.394 e. The van der Waals surface area contributed by atoms with Gasteiger partial charge in [-0.3, -0.25) is 4.39 Å². The highest BCUT2D eigenvalue weighted by atomic mass is 19.1. The first kappa shape index (κ1) is 11.8. The van der Waals surface area contributed by atoms with E-state index in [9.17, 15) is 4.39 Å². The van der Waals surface area contributed by atoms with Gasteiger partial charge in [0.15, 0.2) is 0 Å². The third-order valence-corrected chi connectivity index (χ3v) is 2.36. The normalized spacial score (nSPS) is 18.8. The van der Waals surface area contributed by atoms with Crippen LogP contribution < -0.4 is 5.73 Å². The zero-order valence-corrected chi connectivity index (χ0v) is 8.02. The molecule has 3 heteroatoms. The molecule has 0 saturated carbocycles. The average Bonchev–Trinajstić information content (AvgIpc) is 2.05. The molecule has 0 heterocycles. The zero-order valence-electron chi connectivity index (χ0n) is 8.02. The van der Waals surface area contributed by atoms with Crippen molar-refractivity contribution in [1.82, 2.24) is 0 Å². The van der Waals surface area contributed by atoms with Gasteiger partial charge in [-0.25, -0.2) is 0 Å². The molecule has 2 atom stereocenters. The lowest BCUT2D eigenvalue weighted by Crippen LogP contribution is -2.45. The van der Waals surface area contributed by atoms with Gasteiger partial charge in [-0.2, -0.15) is 0 Å². The maximum Gasteiger partial charge on any atom is 0.0912 e. The van der Waals surface area contributed by atoms with Gasteiger partial charge >= 0.3 is 0 Å². The van der Waals surface area contributed by atoms with Crippen LogP contribution >= 0.6 is 0 Å². The van der Waals surface area contributed by atoms with Crippen LogP contribution in [0, 0.1) is 5.92 Å². The second kappa shape index (κ2) is 5.49. The van der Waals surface area contributed by atoms with E-state index in [-0.39, 0.29) is 13.0 Å². The first-order valence-electron chi connectivity index (χ1n) is 4.53. The lowest BCUT2D eigenvalue weighted by molar-refractivity contribution is 0.152. The van der Waals surface area contributed by atoms with Crippen LogP contribution in [0.25, 0.3) is 0 Å². The summed E-state index contributed by atoms with van der Waals surface area (Å²) >= 11 is 0. The molecule has 0 rings (SSSR count). The van der Waals surface area contributed by atoms with Crippen molar-refractivity contribution in [2.45, 2.75) is 38.6 Å². The molecule has 0 saturated heterocycles. The fourth-order valence-corrected chi connectivity index (χ4v) is 1.27. The summed E-state index contributed by atoms with van der Waals surface area (Å²) in [6, 6.07) is 0. The Balaban J connectivity index is 3.94. The van der Waals surface area contributed by atoms with Crippen LogP contribution in [-0.2, 0) is 0 Å². The summed E-state index contributed by atoms with van der Waals surface area (Å²) in [4.78, 5) is 0. The number of rotatable bonds is 6. The molecule has 0 fully saturated rings. The molecule has 0 aliphatic rings. The van der Waals surface area contributed by atoms with Gasteiger partial charge in [-0.05, 0) is 18.8 Å². The maximum atomic E-state index is 12.0. The molecule has 0 radical (unpaired) electrons. The average molecular weight is 177 g/mol. The zero-order chi connectivity index (χ0) is 9.61. The van der Waals surface area contributed by atoms with Crippen molar-refractivity contribution in [1.29, 1.82) is 0 Å². The second-order valence-corrected chi connectivity index (χ2v) is 3.68. The molecule has 0 bridgehead atoms. The molecule has 0 aromatic rings. The highest BCUT2D eigenvalue weighted by Crippen LogP contribution is 2.19. The Morgan fingerprint density at radius 1 is 1.58 bits per heavy atom. The number of aliphatic hydroxyl groups excluding tert-OH is 1. The van der Waals surface area contributed by atoms with Crippen LogP contribution in [0.5, 0.6) is 0 Å². The number of hydrogen-bond donors (Lipinski definition) is 2. The van der Waals surface area contributed by atoms with Gasteiger partial charge in [0.05, 0.1) is 13.3 Å². The summed E-state index contributed by atoms with van der Waals surface area (Å²) < 4.78 is 12.0. The van der Waals surface area contributed by atoms with Gasteiger partial charge in [0.25, 0.3) is 0 Å². The Labute approximate surface area is 74.0 Å². The smallest absolute Gasteiger partial charge is 0.0912 e. The Morgan fingerprint density at radius 2 is 2.17 bits per heavy atom. The lowest BCUT2D eigenvalue weighted by Gasteiger charge is -2.28. The Morgan fingerprint density at radius 3 is 2.50 bits per heavy atom. The van der Waals surface area contributed by atoms with Crippen molar-refractivity contribution in [3.8, 4) is 0 Å². The third-order valence-electron chi connectivity index (χ3n) is 2.36. The van der Waals surface area contributed by atoms with Crippen LogP contribution in [-0.4, -0.2) is 23.9 Å². The SMILES string of the molecule is CC[C@H](C)C[C@@](N)(CO)CCF. The molecule has 0 spiro atoms. The second-order valence-electron chi connectivity index (χ2n) is 3.68. The molecule has 0 aromatic carbocycles. The van der Waals surface area contributed by atoms with Crippen molar-refractivity contribution in [2.75, 3.05) is 13.3 Å². The van der Waals surface area contributed by atoms with Crippen LogP contribution in [0.1, 0.15) is 33.1 Å². The first-order chi connectivity index (χ1) is 5.58. The molecule has 3 N–H and O–H groups in total. The van der Waals surface area contributed by atoms with E-state index in [0.717, 1.165) is 6.42 Å². The summed E-state index contributed by atoms with van der Waals surface area (Å²) in [5.74, 6) is 0.452. The summed E-state index contributed by atoms with van der Waals surface area (Å²) in [7, 11) is 0. The van der Waals surface area contributed by atoms with Crippen molar-refractivity contribution < 1.29 is 9.50 Å². The Hall–Kier alpha value is -0.150. The molecule has 74 valence electrons. The number of alkyl halides is 1. The summed E-state index contributed by atoms with van der Waals surface area (Å²) in [6.07, 6.45) is 1.98. The molecule has 0 aromatic heterocycles. The van der Waals surface area contributed by atoms with Gasteiger partial charge in [0.2, 0.25) is 0 Å². The van der Waals surface area contributed by atoms with E-state index in [0.29, 0.717) is 12.3 Å². The molecule has 2 nitrogen and oxygen atoms in total. The fraction of sp³-hybridized carbons (Fsp3) is 1.00. The molecule has 0 aliphatic heterocycles. The monoisotopic (exact) mass is 177 g/mol. The van der Waals surface area contributed by atoms with Crippen molar-refractivity contribution in [3.63, 3.8) is 0 Å². The minimum Gasteiger partial charge on any atom is -0.394 e. The van der Waals surface area contributed by atoms with E-state index in [1.807, 2.05) is 0 Å². The topological polar surface area (TPSA) is 46.2 Å². The highest BCUT2D eigenvalue weighted by molar-refractivity contribution is 4.84. The molecule has 0 unspecified atom stereocenters. The molecule has 0 aliphatic carbocycles. The number of halogens is 1.